The molecule has 0 bridgehead atoms. The van der Waals surface area contributed by atoms with Gasteiger partial charge in [-0.15, -0.1) is 0 Å². The van der Waals surface area contributed by atoms with Crippen molar-refractivity contribution in [3.63, 3.8) is 0 Å². The van der Waals surface area contributed by atoms with Crippen LogP contribution in [0.5, 0.6) is 0 Å². The van der Waals surface area contributed by atoms with Crippen LogP contribution >= 0.6 is 0 Å². The van der Waals surface area contributed by atoms with Gasteiger partial charge in [-0.3, -0.25) is 0 Å². The molecule has 1 aliphatic heterocycles. The zero-order chi connectivity index (χ0) is 28.8. The third kappa shape index (κ3) is 2.91. The number of para-hydroxylation sites is 3. The fourth-order valence-corrected chi connectivity index (χ4v) is 7.87. The van der Waals surface area contributed by atoms with Crippen LogP contribution in [0.2, 0.25) is 0 Å². The molecule has 6 aromatic carbocycles. The number of hydrogen-bond acceptors (Lipinski definition) is 2. The summed E-state index contributed by atoms with van der Waals surface area (Å²) in [5.74, 6) is 0.742. The number of fused-ring (bicyclic) bond motifs is 12. The van der Waals surface area contributed by atoms with Crippen LogP contribution in [0.4, 0.5) is 0 Å². The molecule has 204 valence electrons. The summed E-state index contributed by atoms with van der Waals surface area (Å²) >= 11 is 0. The summed E-state index contributed by atoms with van der Waals surface area (Å²) < 4.78 is 2.46. The lowest BCUT2D eigenvalue weighted by atomic mass is 9.67. The third-order valence-electron chi connectivity index (χ3n) is 9.66. The highest BCUT2D eigenvalue weighted by Crippen LogP contribution is 2.60. The Kier molecular flexibility index (Phi) is 4.65. The minimum atomic E-state index is -0.575. The Hall–Kier alpha value is -5.80. The number of nitrogens with zero attached hydrogens (tertiary/aromatic N) is 3. The van der Waals surface area contributed by atoms with E-state index in [0.29, 0.717) is 0 Å². The predicted molar refractivity (Wildman–Crippen MR) is 178 cm³/mol. The van der Waals surface area contributed by atoms with Crippen molar-refractivity contribution < 1.29 is 0 Å². The minimum absolute atomic E-state index is 0.575. The maximum atomic E-state index is 5.51. The summed E-state index contributed by atoms with van der Waals surface area (Å²) in [7, 11) is 0. The second-order valence-electron chi connectivity index (χ2n) is 11.8. The average molecular weight is 560 g/mol. The van der Waals surface area contributed by atoms with E-state index in [9.17, 15) is 0 Å². The highest BCUT2D eigenvalue weighted by atomic mass is 15.0. The smallest absolute Gasteiger partial charge is 0.159 e. The molecule has 8 aromatic rings. The fraction of sp³-hybridized carbons (Fsp3) is 0.0244. The molecule has 44 heavy (non-hydrogen) atoms. The van der Waals surface area contributed by atoms with E-state index < -0.39 is 5.41 Å². The first-order chi connectivity index (χ1) is 21.8. The van der Waals surface area contributed by atoms with Gasteiger partial charge in [0.25, 0.3) is 0 Å². The van der Waals surface area contributed by atoms with Crippen molar-refractivity contribution in [1.29, 1.82) is 0 Å². The number of aromatic nitrogens is 3. The van der Waals surface area contributed by atoms with Crippen molar-refractivity contribution in [3.05, 3.63) is 174 Å². The summed E-state index contributed by atoms with van der Waals surface area (Å²) in [5.41, 5.74) is 13.6. The van der Waals surface area contributed by atoms with Crippen molar-refractivity contribution >= 4 is 21.8 Å². The van der Waals surface area contributed by atoms with Gasteiger partial charge in [0.05, 0.1) is 27.8 Å². The summed E-state index contributed by atoms with van der Waals surface area (Å²) in [4.78, 5) is 10.5. The second-order valence-corrected chi connectivity index (χ2v) is 11.8. The van der Waals surface area contributed by atoms with Gasteiger partial charge in [0.1, 0.15) is 0 Å². The maximum Gasteiger partial charge on any atom is 0.159 e. The van der Waals surface area contributed by atoms with Crippen LogP contribution in [0, 0.1) is 0 Å². The van der Waals surface area contributed by atoms with Crippen molar-refractivity contribution in [2.24, 2.45) is 0 Å². The molecule has 1 unspecified atom stereocenters. The average Bonchev–Trinajstić information content (AvgIpc) is 3.59. The van der Waals surface area contributed by atoms with Gasteiger partial charge in [-0.05, 0) is 45.5 Å². The molecule has 3 heterocycles. The fourth-order valence-electron chi connectivity index (χ4n) is 7.87. The van der Waals surface area contributed by atoms with Crippen LogP contribution in [-0.4, -0.2) is 14.5 Å². The maximum absolute atomic E-state index is 5.51. The van der Waals surface area contributed by atoms with Gasteiger partial charge in [0.15, 0.2) is 5.82 Å². The largest absolute Gasteiger partial charge is 0.309 e. The van der Waals surface area contributed by atoms with E-state index >= 15 is 0 Å². The van der Waals surface area contributed by atoms with E-state index in [2.05, 4.69) is 144 Å². The Morgan fingerprint density at radius 3 is 2.02 bits per heavy atom. The molecule has 1 atom stereocenters. The Labute approximate surface area is 254 Å². The SMILES string of the molecule is c1ccc(-c2ccc(-c3ncc4c(n3)C3(c5ccccc5-4)c4ccccc4-n4c5ccccc5c5cccc3c54)cc2)cc1. The molecule has 0 saturated carbocycles. The Balaban J connectivity index is 1.29. The molecule has 0 amide bonds. The van der Waals surface area contributed by atoms with Crippen molar-refractivity contribution in [2.45, 2.75) is 5.41 Å². The first-order valence-corrected chi connectivity index (χ1v) is 15.1. The second kappa shape index (κ2) is 8.62. The Morgan fingerprint density at radius 2 is 1.14 bits per heavy atom. The van der Waals surface area contributed by atoms with Crippen molar-refractivity contribution in [1.82, 2.24) is 14.5 Å². The number of rotatable bonds is 2. The van der Waals surface area contributed by atoms with Crippen LogP contribution in [0.25, 0.3) is 61.1 Å². The van der Waals surface area contributed by atoms with Gasteiger partial charge in [0, 0.05) is 28.1 Å². The molecule has 0 saturated heterocycles. The lowest BCUT2D eigenvalue weighted by Gasteiger charge is -2.38. The molecule has 0 N–H and O–H groups in total. The van der Waals surface area contributed by atoms with Crippen LogP contribution in [-0.2, 0) is 5.41 Å². The minimum Gasteiger partial charge on any atom is -0.309 e. The van der Waals surface area contributed by atoms with Crippen LogP contribution in [0.15, 0.2) is 152 Å². The lowest BCUT2D eigenvalue weighted by molar-refractivity contribution is 0.720. The van der Waals surface area contributed by atoms with Gasteiger partial charge in [-0.2, -0.15) is 0 Å². The lowest BCUT2D eigenvalue weighted by Crippen LogP contribution is -2.34. The van der Waals surface area contributed by atoms with E-state index in [0.717, 1.165) is 22.6 Å². The molecule has 3 heteroatoms. The quantitative estimate of drug-likeness (QED) is 0.211. The van der Waals surface area contributed by atoms with Gasteiger partial charge >= 0.3 is 0 Å². The predicted octanol–water partition coefficient (Wildman–Crippen LogP) is 9.58. The van der Waals surface area contributed by atoms with Crippen LogP contribution in [0.1, 0.15) is 22.4 Å². The molecule has 3 nitrogen and oxygen atoms in total. The molecule has 0 radical (unpaired) electrons. The summed E-state index contributed by atoms with van der Waals surface area (Å²) in [5, 5.41) is 2.54. The zero-order valence-electron chi connectivity index (χ0n) is 23.8. The van der Waals surface area contributed by atoms with Crippen molar-refractivity contribution in [2.75, 3.05) is 0 Å². The first-order valence-electron chi connectivity index (χ1n) is 15.1. The Bertz CT molecular complexity index is 2440. The molecule has 2 aliphatic rings. The monoisotopic (exact) mass is 559 g/mol. The van der Waals surface area contributed by atoms with Gasteiger partial charge in [-0.1, -0.05) is 133 Å². The molecular weight excluding hydrogens is 534 g/mol. The Morgan fingerprint density at radius 1 is 0.477 bits per heavy atom. The van der Waals surface area contributed by atoms with Gasteiger partial charge in [-0.25, -0.2) is 9.97 Å². The molecule has 1 spiro atoms. The zero-order valence-corrected chi connectivity index (χ0v) is 23.8. The molecule has 1 aliphatic carbocycles. The van der Waals surface area contributed by atoms with E-state index in [-0.39, 0.29) is 0 Å². The van der Waals surface area contributed by atoms with E-state index in [4.69, 9.17) is 9.97 Å². The van der Waals surface area contributed by atoms with Crippen molar-refractivity contribution in [3.8, 4) is 39.3 Å². The van der Waals surface area contributed by atoms with E-state index in [1.165, 1.54) is 60.9 Å². The molecule has 0 fully saturated rings. The van der Waals surface area contributed by atoms with Gasteiger partial charge in [0.2, 0.25) is 0 Å². The summed E-state index contributed by atoms with van der Waals surface area (Å²) in [6, 6.07) is 52.4. The topological polar surface area (TPSA) is 30.7 Å². The summed E-state index contributed by atoms with van der Waals surface area (Å²) in [6.45, 7) is 0. The normalized spacial score (nSPS) is 15.8. The number of hydrogen-bond donors (Lipinski definition) is 0. The van der Waals surface area contributed by atoms with E-state index in [1.54, 1.807) is 0 Å². The molecule has 10 rings (SSSR count). The summed E-state index contributed by atoms with van der Waals surface area (Å²) in [6.07, 6.45) is 2.04. The van der Waals surface area contributed by atoms with E-state index in [1.807, 2.05) is 12.3 Å². The molecular formula is C41H25N3. The number of benzene rings is 6. The highest BCUT2D eigenvalue weighted by Gasteiger charge is 2.52. The molecule has 2 aromatic heterocycles. The van der Waals surface area contributed by atoms with Gasteiger partial charge < -0.3 is 4.57 Å². The highest BCUT2D eigenvalue weighted by molar-refractivity contribution is 6.12. The standard InChI is InChI=1S/C41H25N3/c1-2-11-26(12-3-1)27-21-23-28(24-22-27)40-42-25-32-29-13-4-6-16-33(29)41(39(32)43-40)34-17-7-9-20-37(34)44-36-19-8-5-14-30(36)31-15-10-18-35(41)38(31)44/h1-25H. The van der Waals surface area contributed by atoms with Crippen LogP contribution in [0.3, 0.4) is 0 Å². The first kappa shape index (κ1) is 23.7. The van der Waals surface area contributed by atoms with Crippen LogP contribution < -0.4 is 0 Å². The third-order valence-corrected chi connectivity index (χ3v) is 9.66.